The van der Waals surface area contributed by atoms with Gasteiger partial charge in [0.2, 0.25) is 0 Å². The van der Waals surface area contributed by atoms with Gasteiger partial charge in [-0.25, -0.2) is 4.21 Å². The highest BCUT2D eigenvalue weighted by molar-refractivity contribution is 7.74. The molecule has 0 radical (unpaired) electrons. The number of rotatable bonds is 3. The second kappa shape index (κ2) is 4.20. The molecule has 0 saturated heterocycles. The Morgan fingerprint density at radius 3 is 2.57 bits per heavy atom. The molecule has 0 bridgehead atoms. The fourth-order valence-electron chi connectivity index (χ4n) is 0.116. The van der Waals surface area contributed by atoms with Gasteiger partial charge in [-0.05, 0) is 0 Å². The van der Waals surface area contributed by atoms with Crippen LogP contribution in [-0.4, -0.2) is 21.9 Å². The molecule has 1 unspecified atom stereocenters. The van der Waals surface area contributed by atoms with Crippen LogP contribution in [0.25, 0.3) is 0 Å². The highest BCUT2D eigenvalue weighted by Gasteiger charge is 1.77. The lowest BCUT2D eigenvalue weighted by Gasteiger charge is -2.01. The van der Waals surface area contributed by atoms with Crippen molar-refractivity contribution in [3.63, 3.8) is 0 Å². The lowest BCUT2D eigenvalue weighted by molar-refractivity contribution is 0.309. The topological polar surface area (TPSA) is 75.4 Å². The first kappa shape index (κ1) is 7.03. The minimum atomic E-state index is -2.40. The van der Waals surface area contributed by atoms with E-state index >= 15 is 0 Å². The summed E-state index contributed by atoms with van der Waals surface area (Å²) in [7, 11) is 0. The van der Waals surface area contributed by atoms with E-state index in [4.69, 9.17) is 5.73 Å². The van der Waals surface area contributed by atoms with Gasteiger partial charge in [-0.3, -0.25) is 4.18 Å². The van der Waals surface area contributed by atoms with Crippen LogP contribution in [-0.2, 0) is 15.5 Å². The molecule has 0 amide bonds. The molecule has 0 aliphatic carbocycles. The molecule has 0 rings (SSSR count). The molecule has 2 N–H and O–H groups in total. The maximum absolute atomic E-state index is 9.48. The average molecular weight is 124 g/mol. The van der Waals surface area contributed by atoms with E-state index in [-0.39, 0.29) is 13.2 Å². The Morgan fingerprint density at radius 1 is 1.86 bits per heavy atom. The molecular weight excluding hydrogens is 118 g/mol. The van der Waals surface area contributed by atoms with Crippen molar-refractivity contribution in [2.24, 2.45) is 5.73 Å². The van der Waals surface area contributed by atoms with E-state index in [0.717, 1.165) is 0 Å². The molecule has 0 aromatic carbocycles. The molecule has 7 heavy (non-hydrogen) atoms. The van der Waals surface area contributed by atoms with Gasteiger partial charge in [-0.15, -0.1) is 0 Å². The summed E-state index contributed by atoms with van der Waals surface area (Å²) in [4.78, 5) is 0. The largest absolute Gasteiger partial charge is 0.750 e. The average Bonchev–Trinajstić information content (AvgIpc) is 1.61. The zero-order chi connectivity index (χ0) is 5.70. The van der Waals surface area contributed by atoms with Gasteiger partial charge >= 0.3 is 0 Å². The predicted molar refractivity (Wildman–Crippen MR) is 23.9 cm³/mol. The molecular formula is C2H6NO3S-. The van der Waals surface area contributed by atoms with Gasteiger partial charge < -0.3 is 10.3 Å². The zero-order valence-electron chi connectivity index (χ0n) is 3.62. The van der Waals surface area contributed by atoms with Gasteiger partial charge in [0.1, 0.15) is 0 Å². The maximum Gasteiger partial charge on any atom is 0.0842 e. The van der Waals surface area contributed by atoms with Crippen LogP contribution in [0.1, 0.15) is 0 Å². The Bertz CT molecular complexity index is 66.0. The van der Waals surface area contributed by atoms with E-state index in [1.54, 1.807) is 0 Å². The minimum absolute atomic E-state index is 0.0656. The van der Waals surface area contributed by atoms with Crippen LogP contribution in [0.3, 0.4) is 0 Å². The first-order valence-corrected chi connectivity index (χ1v) is 2.70. The van der Waals surface area contributed by atoms with Crippen LogP contribution in [0.5, 0.6) is 0 Å². The summed E-state index contributed by atoms with van der Waals surface area (Å²) in [5.74, 6) is 0. The van der Waals surface area contributed by atoms with Gasteiger partial charge in [0, 0.05) is 6.54 Å². The highest BCUT2D eigenvalue weighted by Crippen LogP contribution is 1.72. The molecule has 0 aromatic heterocycles. The molecule has 0 heterocycles. The van der Waals surface area contributed by atoms with Crippen LogP contribution in [0.2, 0.25) is 0 Å². The van der Waals surface area contributed by atoms with Gasteiger partial charge in [0.05, 0.1) is 18.0 Å². The van der Waals surface area contributed by atoms with Crippen molar-refractivity contribution in [2.45, 2.75) is 0 Å². The standard InChI is InChI=1S/C2H7NO3S/c3-1-2-6-7(4)5/h1-3H2,(H,4,5)/p-1. The third-order valence-corrected chi connectivity index (χ3v) is 0.657. The number of hydrogen-bond donors (Lipinski definition) is 1. The Balaban J connectivity index is 2.82. The third-order valence-electron chi connectivity index (χ3n) is 0.297. The summed E-state index contributed by atoms with van der Waals surface area (Å²) in [6.45, 7) is 0.296. The lowest BCUT2D eigenvalue weighted by Crippen LogP contribution is -2.09. The van der Waals surface area contributed by atoms with Gasteiger partial charge in [0.25, 0.3) is 0 Å². The summed E-state index contributed by atoms with van der Waals surface area (Å²) >= 11 is -2.40. The molecule has 44 valence electrons. The van der Waals surface area contributed by atoms with Crippen molar-refractivity contribution in [3.05, 3.63) is 0 Å². The van der Waals surface area contributed by atoms with Crippen molar-refractivity contribution in [3.8, 4) is 0 Å². The van der Waals surface area contributed by atoms with Crippen molar-refractivity contribution < 1.29 is 12.9 Å². The van der Waals surface area contributed by atoms with Gasteiger partial charge in [0.15, 0.2) is 0 Å². The monoisotopic (exact) mass is 124 g/mol. The van der Waals surface area contributed by atoms with Crippen molar-refractivity contribution in [2.75, 3.05) is 13.2 Å². The van der Waals surface area contributed by atoms with Crippen LogP contribution < -0.4 is 5.73 Å². The maximum atomic E-state index is 9.48. The lowest BCUT2D eigenvalue weighted by atomic mass is 10.8. The quantitative estimate of drug-likeness (QED) is 0.477. The molecule has 0 spiro atoms. The Labute approximate surface area is 44.1 Å². The molecule has 1 atom stereocenters. The Kier molecular flexibility index (Phi) is 4.21. The second-order valence-corrected chi connectivity index (χ2v) is 1.46. The molecule has 0 aliphatic rings. The zero-order valence-corrected chi connectivity index (χ0v) is 4.44. The van der Waals surface area contributed by atoms with E-state index in [1.165, 1.54) is 0 Å². The van der Waals surface area contributed by atoms with Crippen LogP contribution in [0.4, 0.5) is 0 Å². The summed E-state index contributed by atoms with van der Waals surface area (Å²) in [5.41, 5.74) is 4.88. The van der Waals surface area contributed by atoms with Crippen LogP contribution in [0, 0.1) is 0 Å². The number of nitrogens with two attached hydrogens (primary N) is 1. The Hall–Kier alpha value is 0.0300. The second-order valence-electron chi connectivity index (χ2n) is 0.815. The predicted octanol–water partition coefficient (Wildman–Crippen LogP) is -1.24. The van der Waals surface area contributed by atoms with E-state index < -0.39 is 11.4 Å². The fraction of sp³-hybridized carbons (Fsp3) is 1.00. The number of hydrogen-bond acceptors (Lipinski definition) is 4. The van der Waals surface area contributed by atoms with Gasteiger partial charge in [-0.2, -0.15) is 0 Å². The molecule has 4 nitrogen and oxygen atoms in total. The Morgan fingerprint density at radius 2 is 2.43 bits per heavy atom. The van der Waals surface area contributed by atoms with Gasteiger partial charge in [-0.1, -0.05) is 0 Å². The normalized spacial score (nSPS) is 14.0. The van der Waals surface area contributed by atoms with E-state index in [2.05, 4.69) is 4.18 Å². The van der Waals surface area contributed by atoms with Crippen molar-refractivity contribution in [1.29, 1.82) is 0 Å². The molecule has 5 heteroatoms. The van der Waals surface area contributed by atoms with E-state index in [9.17, 15) is 8.76 Å². The van der Waals surface area contributed by atoms with Crippen LogP contribution in [0.15, 0.2) is 0 Å². The van der Waals surface area contributed by atoms with E-state index in [0.29, 0.717) is 0 Å². The summed E-state index contributed by atoms with van der Waals surface area (Å²) in [6.07, 6.45) is 0. The molecule has 0 aromatic rings. The SMILES string of the molecule is NCCOS(=O)[O-]. The minimum Gasteiger partial charge on any atom is -0.750 e. The third kappa shape index (κ3) is 6.03. The van der Waals surface area contributed by atoms with Crippen molar-refractivity contribution in [1.82, 2.24) is 0 Å². The van der Waals surface area contributed by atoms with Crippen molar-refractivity contribution >= 4 is 11.4 Å². The van der Waals surface area contributed by atoms with E-state index in [1.807, 2.05) is 0 Å². The van der Waals surface area contributed by atoms with Crippen LogP contribution >= 0.6 is 0 Å². The summed E-state index contributed by atoms with van der Waals surface area (Å²) in [5, 5.41) is 0. The molecule has 0 aliphatic heterocycles. The fourth-order valence-corrected chi connectivity index (χ4v) is 0.348. The first-order valence-electron chi connectivity index (χ1n) is 1.70. The summed E-state index contributed by atoms with van der Waals surface area (Å²) in [6, 6.07) is 0. The first-order chi connectivity index (χ1) is 3.27. The highest BCUT2D eigenvalue weighted by atomic mass is 32.2. The summed E-state index contributed by atoms with van der Waals surface area (Å²) < 4.78 is 22.9. The molecule has 0 saturated carbocycles. The molecule has 0 fully saturated rings. The smallest absolute Gasteiger partial charge is 0.0842 e.